The lowest BCUT2D eigenvalue weighted by Gasteiger charge is -2.28. The van der Waals surface area contributed by atoms with Gasteiger partial charge in [0, 0.05) is 35.2 Å². The first kappa shape index (κ1) is 23.4. The van der Waals surface area contributed by atoms with Gasteiger partial charge in [0.15, 0.2) is 0 Å². The van der Waals surface area contributed by atoms with Gasteiger partial charge in [-0.1, -0.05) is 54.6 Å². The second-order valence-corrected chi connectivity index (χ2v) is 9.55. The van der Waals surface area contributed by atoms with Crippen molar-refractivity contribution in [2.75, 3.05) is 19.0 Å². The first-order chi connectivity index (χ1) is 17.1. The second kappa shape index (κ2) is 9.72. The van der Waals surface area contributed by atoms with Crippen LogP contribution in [0, 0.1) is 0 Å². The third-order valence-electron chi connectivity index (χ3n) is 6.78. The Balaban J connectivity index is 1.42. The van der Waals surface area contributed by atoms with Crippen molar-refractivity contribution in [1.29, 1.82) is 0 Å². The summed E-state index contributed by atoms with van der Waals surface area (Å²) in [5.41, 5.74) is 4.64. The topological polar surface area (TPSA) is 55.3 Å². The van der Waals surface area contributed by atoms with Crippen LogP contribution in [0.15, 0.2) is 90.1 Å². The predicted molar refractivity (Wildman–Crippen MR) is 145 cm³/mol. The number of hydrogen-bond donors (Lipinski definition) is 2. The number of benzene rings is 3. The monoisotopic (exact) mass is 529 g/mol. The number of rotatable bonds is 9. The average molecular weight is 530 g/mol. The fraction of sp³-hybridized carbons (Fsp3) is 0.207. The van der Waals surface area contributed by atoms with Gasteiger partial charge in [0.2, 0.25) is 5.91 Å². The molecule has 0 fully saturated rings. The zero-order valence-corrected chi connectivity index (χ0v) is 21.3. The Morgan fingerprint density at radius 1 is 1.09 bits per heavy atom. The lowest BCUT2D eigenvalue weighted by atomic mass is 9.87. The molecule has 0 aliphatic carbocycles. The minimum absolute atomic E-state index is 0.0281. The van der Waals surface area contributed by atoms with Crippen molar-refractivity contribution >= 4 is 38.4 Å². The number of anilines is 1. The molecule has 1 unspecified atom stereocenters. The van der Waals surface area contributed by atoms with Gasteiger partial charge in [-0.15, -0.1) is 6.58 Å². The maximum atomic E-state index is 13.1. The van der Waals surface area contributed by atoms with Gasteiger partial charge in [-0.2, -0.15) is 0 Å². The van der Waals surface area contributed by atoms with E-state index in [9.17, 15) is 4.79 Å². The molecule has 0 radical (unpaired) electrons. The number of halogens is 1. The second-order valence-electron chi connectivity index (χ2n) is 8.80. The molecule has 1 aromatic heterocycles. The summed E-state index contributed by atoms with van der Waals surface area (Å²) in [4.78, 5) is 13.1. The number of nitrogens with zero attached hydrogens (tertiary/aromatic N) is 1. The average Bonchev–Trinajstić information content (AvgIpc) is 3.31. The van der Waals surface area contributed by atoms with Crippen LogP contribution in [0.1, 0.15) is 23.1 Å². The summed E-state index contributed by atoms with van der Waals surface area (Å²) < 4.78 is 8.66. The molecule has 5 nitrogen and oxygen atoms in total. The van der Waals surface area contributed by atoms with Crippen molar-refractivity contribution in [2.24, 2.45) is 0 Å². The molecule has 1 aliphatic heterocycles. The summed E-state index contributed by atoms with van der Waals surface area (Å²) in [5.74, 6) is 0.822. The van der Waals surface area contributed by atoms with Crippen molar-refractivity contribution in [3.05, 3.63) is 107 Å². The Bertz CT molecular complexity index is 1390. The van der Waals surface area contributed by atoms with Crippen LogP contribution in [0.25, 0.3) is 10.9 Å². The molecule has 1 amide bonds. The third-order valence-corrected chi connectivity index (χ3v) is 7.69. The van der Waals surface area contributed by atoms with Gasteiger partial charge < -0.3 is 14.6 Å². The molecule has 3 aromatic carbocycles. The van der Waals surface area contributed by atoms with Crippen molar-refractivity contribution in [3.63, 3.8) is 0 Å². The van der Waals surface area contributed by atoms with E-state index in [1.165, 1.54) is 22.0 Å². The van der Waals surface area contributed by atoms with E-state index in [1.54, 1.807) is 7.11 Å². The summed E-state index contributed by atoms with van der Waals surface area (Å²) in [7, 11) is 1.68. The van der Waals surface area contributed by atoms with Gasteiger partial charge in [-0.3, -0.25) is 10.1 Å². The van der Waals surface area contributed by atoms with E-state index in [-0.39, 0.29) is 5.91 Å². The molecular weight excluding hydrogens is 502 g/mol. The molecule has 35 heavy (non-hydrogen) atoms. The minimum Gasteiger partial charge on any atom is -0.497 e. The summed E-state index contributed by atoms with van der Waals surface area (Å²) >= 11 is 3.89. The number of hydrogen-bond acceptors (Lipinski definition) is 3. The highest BCUT2D eigenvalue weighted by Gasteiger charge is 2.45. The molecule has 2 heterocycles. The van der Waals surface area contributed by atoms with E-state index in [2.05, 4.69) is 74.1 Å². The lowest BCUT2D eigenvalue weighted by Crippen LogP contribution is -2.48. The number of ether oxygens (including phenoxy) is 1. The number of para-hydroxylation sites is 2. The largest absolute Gasteiger partial charge is 0.497 e. The van der Waals surface area contributed by atoms with Crippen LogP contribution >= 0.6 is 15.9 Å². The van der Waals surface area contributed by atoms with E-state index in [1.807, 2.05) is 42.5 Å². The quantitative estimate of drug-likeness (QED) is 0.261. The maximum Gasteiger partial charge on any atom is 0.249 e. The van der Waals surface area contributed by atoms with E-state index >= 15 is 0 Å². The molecule has 1 atom stereocenters. The Hall–Kier alpha value is -3.35. The van der Waals surface area contributed by atoms with Crippen molar-refractivity contribution in [2.45, 2.75) is 24.9 Å². The molecule has 0 saturated heterocycles. The van der Waals surface area contributed by atoms with Crippen LogP contribution in [0.5, 0.6) is 5.75 Å². The molecule has 1 aliphatic rings. The molecule has 5 rings (SSSR count). The first-order valence-electron chi connectivity index (χ1n) is 11.7. The highest BCUT2D eigenvalue weighted by atomic mass is 79.9. The molecule has 0 saturated carbocycles. The number of fused-ring (bicyclic) bond motifs is 2. The number of methoxy groups -OCH3 is 1. The Labute approximate surface area is 213 Å². The smallest absolute Gasteiger partial charge is 0.249 e. The fourth-order valence-electron chi connectivity index (χ4n) is 5.03. The van der Waals surface area contributed by atoms with Crippen LogP contribution in [0.4, 0.5) is 5.69 Å². The summed E-state index contributed by atoms with van der Waals surface area (Å²) in [6.45, 7) is 5.30. The highest BCUT2D eigenvalue weighted by Crippen LogP contribution is 2.39. The number of nitrogens with one attached hydrogen (secondary N) is 2. The van der Waals surface area contributed by atoms with Gasteiger partial charge in [0.1, 0.15) is 11.3 Å². The fourth-order valence-corrected chi connectivity index (χ4v) is 5.76. The zero-order chi connectivity index (χ0) is 24.4. The standard InChI is InChI=1S/C29H28BrN3O2/c1-3-17-29(24-9-5-6-10-25(24)32-28(29)34)31-18-16-23-22-8-4-7-11-26(22)33(27(23)30)19-20-12-14-21(35-2)15-13-20/h3-15,31H,1,16-19H2,2H3,(H,32,34). The molecule has 178 valence electrons. The van der Waals surface area contributed by atoms with E-state index in [0.717, 1.165) is 34.6 Å². The van der Waals surface area contributed by atoms with E-state index in [4.69, 9.17) is 4.74 Å². The van der Waals surface area contributed by atoms with Gasteiger partial charge in [-0.25, -0.2) is 0 Å². The van der Waals surface area contributed by atoms with Crippen molar-refractivity contribution < 1.29 is 9.53 Å². The number of amides is 1. The van der Waals surface area contributed by atoms with Gasteiger partial charge >= 0.3 is 0 Å². The summed E-state index contributed by atoms with van der Waals surface area (Å²) in [6, 6.07) is 24.5. The normalized spacial score (nSPS) is 16.8. The van der Waals surface area contributed by atoms with Gasteiger partial charge in [-0.05, 0) is 64.2 Å². The van der Waals surface area contributed by atoms with Gasteiger partial charge in [0.25, 0.3) is 0 Å². The SMILES string of the molecule is C=CCC1(NCCc2c(Br)n(Cc3ccc(OC)cc3)c3ccccc23)C(=O)Nc2ccccc21. The van der Waals surface area contributed by atoms with Crippen molar-refractivity contribution in [1.82, 2.24) is 9.88 Å². The Kier molecular flexibility index (Phi) is 6.50. The first-order valence-corrected chi connectivity index (χ1v) is 12.5. The zero-order valence-electron chi connectivity index (χ0n) is 19.7. The van der Waals surface area contributed by atoms with E-state index < -0.39 is 5.54 Å². The van der Waals surface area contributed by atoms with Crippen LogP contribution in [-0.4, -0.2) is 24.1 Å². The molecule has 4 aromatic rings. The van der Waals surface area contributed by atoms with Crippen LogP contribution < -0.4 is 15.4 Å². The number of aromatic nitrogens is 1. The van der Waals surface area contributed by atoms with Gasteiger partial charge in [0.05, 0.1) is 11.7 Å². The molecule has 0 bridgehead atoms. The number of carbonyl (C=O) groups excluding carboxylic acids is 1. The summed E-state index contributed by atoms with van der Waals surface area (Å²) in [5, 5.41) is 7.83. The predicted octanol–water partition coefficient (Wildman–Crippen LogP) is 6.02. The minimum atomic E-state index is -0.799. The molecular formula is C29H28BrN3O2. The summed E-state index contributed by atoms with van der Waals surface area (Å²) in [6.07, 6.45) is 3.10. The third kappa shape index (κ3) is 4.17. The van der Waals surface area contributed by atoms with Crippen molar-refractivity contribution in [3.8, 4) is 5.75 Å². The molecule has 6 heteroatoms. The number of carbonyl (C=O) groups is 1. The lowest BCUT2D eigenvalue weighted by molar-refractivity contribution is -0.121. The molecule has 0 spiro atoms. The molecule has 2 N–H and O–H groups in total. The maximum absolute atomic E-state index is 13.1. The highest BCUT2D eigenvalue weighted by molar-refractivity contribution is 9.10. The van der Waals surface area contributed by atoms with Crippen LogP contribution in [0.3, 0.4) is 0 Å². The Morgan fingerprint density at radius 2 is 1.83 bits per heavy atom. The van der Waals surface area contributed by atoms with Crippen LogP contribution in [-0.2, 0) is 23.3 Å². The Morgan fingerprint density at radius 3 is 2.60 bits per heavy atom. The van der Waals surface area contributed by atoms with Crippen LogP contribution in [0.2, 0.25) is 0 Å². The van der Waals surface area contributed by atoms with E-state index in [0.29, 0.717) is 13.0 Å².